The summed E-state index contributed by atoms with van der Waals surface area (Å²) in [6, 6.07) is 29.4. The molecule has 0 aromatic heterocycles. The van der Waals surface area contributed by atoms with Crippen LogP contribution in [0.4, 0.5) is 5.69 Å². The summed E-state index contributed by atoms with van der Waals surface area (Å²) in [6.07, 6.45) is 7.37. The minimum Gasteiger partial charge on any atom is -0.331 e. The van der Waals surface area contributed by atoms with E-state index in [0.29, 0.717) is 4.48 Å². The zero-order chi connectivity index (χ0) is 18.1. The van der Waals surface area contributed by atoms with Crippen LogP contribution in [0.5, 0.6) is 0 Å². The van der Waals surface area contributed by atoms with Gasteiger partial charge in [-0.25, -0.2) is 11.8 Å². The van der Waals surface area contributed by atoms with Crippen LogP contribution >= 0.6 is 11.8 Å². The van der Waals surface area contributed by atoms with Gasteiger partial charge in [-0.2, -0.15) is 0 Å². The van der Waals surface area contributed by atoms with Gasteiger partial charge in [0.05, 0.1) is 6.54 Å². The molecule has 0 fully saturated rings. The molecule has 0 amide bonds. The van der Waals surface area contributed by atoms with Crippen LogP contribution in [0.15, 0.2) is 95.9 Å². The van der Waals surface area contributed by atoms with E-state index in [0.717, 1.165) is 18.2 Å². The molecule has 2 aliphatic rings. The second-order valence-electron chi connectivity index (χ2n) is 6.66. The standard InChI is InChI=1S/C24H19NOS/c1-3-10-19(11-4-1)12-9-17-25-18-26-23(20-13-5-2-6-14-20)24(25)27-22-16-8-7-15-21(22)25/h1-16,18H,17H2/b12-9+. The minimum atomic E-state index is 0.619. The molecule has 2 aliphatic heterocycles. The maximum Gasteiger partial charge on any atom is 0.387 e. The van der Waals surface area contributed by atoms with E-state index >= 15 is 0 Å². The van der Waals surface area contributed by atoms with Gasteiger partial charge in [-0.1, -0.05) is 60.2 Å². The lowest BCUT2D eigenvalue weighted by Gasteiger charge is -2.38. The van der Waals surface area contributed by atoms with Gasteiger partial charge in [0.2, 0.25) is 0 Å². The SMILES string of the molecule is C1=[O+][C-](c2ccccc2)[C-]2Sc3ccccc3[N+]12C/C=C/c1ccccc1. The van der Waals surface area contributed by atoms with E-state index in [4.69, 9.17) is 4.42 Å². The second-order valence-corrected chi connectivity index (χ2v) is 7.69. The van der Waals surface area contributed by atoms with Crippen LogP contribution in [-0.2, 0) is 4.42 Å². The monoisotopic (exact) mass is 369 g/mol. The van der Waals surface area contributed by atoms with Crippen molar-refractivity contribution in [3.63, 3.8) is 0 Å². The van der Waals surface area contributed by atoms with Gasteiger partial charge < -0.3 is 4.48 Å². The van der Waals surface area contributed by atoms with Gasteiger partial charge in [0, 0.05) is 10.3 Å². The Kier molecular flexibility index (Phi) is 4.12. The predicted molar refractivity (Wildman–Crippen MR) is 113 cm³/mol. The summed E-state index contributed by atoms with van der Waals surface area (Å²) < 4.78 is 6.76. The van der Waals surface area contributed by atoms with Crippen LogP contribution in [0.2, 0.25) is 0 Å². The fraction of sp³-hybridized carbons (Fsp3) is 0.0417. The van der Waals surface area contributed by atoms with Gasteiger partial charge in [0.1, 0.15) is 5.69 Å². The van der Waals surface area contributed by atoms with Crippen molar-refractivity contribution in [2.75, 3.05) is 6.54 Å². The van der Waals surface area contributed by atoms with Gasteiger partial charge in [0.15, 0.2) is 6.10 Å². The van der Waals surface area contributed by atoms with E-state index in [1.54, 1.807) is 0 Å². The molecule has 2 nitrogen and oxygen atoms in total. The third-order valence-corrected chi connectivity index (χ3v) is 6.22. The molecule has 5 rings (SSSR count). The van der Waals surface area contributed by atoms with Crippen LogP contribution in [-0.4, -0.2) is 13.0 Å². The highest BCUT2D eigenvalue weighted by molar-refractivity contribution is 8.02. The number of nitrogens with zero attached hydrogens (tertiary/aromatic N) is 1. The summed E-state index contributed by atoms with van der Waals surface area (Å²) in [6.45, 7) is 0.824. The molecule has 3 heteroatoms. The Hall–Kier alpha value is -2.75. The van der Waals surface area contributed by atoms with Crippen LogP contribution in [0, 0.1) is 11.5 Å². The lowest BCUT2D eigenvalue weighted by molar-refractivity contribution is -0.416. The van der Waals surface area contributed by atoms with Gasteiger partial charge in [-0.3, -0.25) is 4.42 Å². The number of rotatable bonds is 4. The number of fused-ring (bicyclic) bond motifs is 3. The molecule has 3 aromatic rings. The third kappa shape index (κ3) is 2.80. The number of carbonyl (C=O) groups excluding carboxylic acids is 1. The zero-order valence-electron chi connectivity index (χ0n) is 14.8. The number of hydrogen-bond acceptors (Lipinski definition) is 1. The van der Waals surface area contributed by atoms with Crippen LogP contribution in [0.25, 0.3) is 6.08 Å². The number of quaternary nitrogens is 1. The van der Waals surface area contributed by atoms with Crippen molar-refractivity contribution in [2.45, 2.75) is 4.90 Å². The molecule has 0 N–H and O–H groups in total. The van der Waals surface area contributed by atoms with Crippen molar-refractivity contribution >= 4 is 29.9 Å². The molecule has 0 radical (unpaired) electrons. The summed E-state index contributed by atoms with van der Waals surface area (Å²) >= 11 is 1.82. The van der Waals surface area contributed by atoms with E-state index in [1.165, 1.54) is 21.5 Å². The summed E-state index contributed by atoms with van der Waals surface area (Å²) in [5, 5.41) is 1.24. The summed E-state index contributed by atoms with van der Waals surface area (Å²) in [5.74, 6) is 0. The molecule has 3 aromatic carbocycles. The van der Waals surface area contributed by atoms with E-state index in [1.807, 2.05) is 30.3 Å². The zero-order valence-corrected chi connectivity index (χ0v) is 15.6. The highest BCUT2D eigenvalue weighted by atomic mass is 32.2. The van der Waals surface area contributed by atoms with Crippen molar-refractivity contribution in [1.82, 2.24) is 4.48 Å². The topological polar surface area (TPSA) is 11.3 Å². The summed E-state index contributed by atoms with van der Waals surface area (Å²) in [7, 11) is 0. The van der Waals surface area contributed by atoms with Crippen LogP contribution in [0.1, 0.15) is 11.1 Å². The molecule has 1 unspecified atom stereocenters. The predicted octanol–water partition coefficient (Wildman–Crippen LogP) is 5.59. The minimum absolute atomic E-state index is 0.619. The normalized spacial score (nSPS) is 21.0. The highest BCUT2D eigenvalue weighted by Gasteiger charge is 2.48. The Labute approximate surface area is 164 Å². The molecular formula is C24H19NOS. The first-order chi connectivity index (χ1) is 13.4. The Bertz CT molecular complexity index is 999. The van der Waals surface area contributed by atoms with Gasteiger partial charge >= 0.3 is 6.41 Å². The second kappa shape index (κ2) is 6.76. The molecule has 0 spiro atoms. The van der Waals surface area contributed by atoms with Crippen molar-refractivity contribution in [1.29, 1.82) is 0 Å². The van der Waals surface area contributed by atoms with Gasteiger partial charge in [-0.15, -0.1) is 24.3 Å². The number of amides is 1. The smallest absolute Gasteiger partial charge is 0.331 e. The molecule has 0 saturated heterocycles. The third-order valence-electron chi connectivity index (χ3n) is 4.95. The summed E-state index contributed by atoms with van der Waals surface area (Å²) in [4.78, 5) is 1.30. The fourth-order valence-electron chi connectivity index (χ4n) is 3.62. The molecular weight excluding hydrogens is 350 g/mol. The first-order valence-corrected chi connectivity index (χ1v) is 9.87. The molecule has 0 bridgehead atoms. The fourth-order valence-corrected chi connectivity index (χ4v) is 4.95. The van der Waals surface area contributed by atoms with Crippen LogP contribution in [0.3, 0.4) is 0 Å². The average Bonchev–Trinajstić information content (AvgIpc) is 3.24. The van der Waals surface area contributed by atoms with Crippen molar-refractivity contribution in [3.8, 4) is 0 Å². The maximum atomic E-state index is 6.14. The molecule has 0 saturated carbocycles. The first-order valence-electron chi connectivity index (χ1n) is 9.05. The van der Waals surface area contributed by atoms with Crippen molar-refractivity contribution < 1.29 is 4.42 Å². The lowest BCUT2D eigenvalue weighted by Crippen LogP contribution is -2.45. The number of benzene rings is 3. The van der Waals surface area contributed by atoms with E-state index in [-0.39, 0.29) is 0 Å². The van der Waals surface area contributed by atoms with E-state index < -0.39 is 0 Å². The van der Waals surface area contributed by atoms with E-state index in [9.17, 15) is 0 Å². The number of hydrogen-bond donors (Lipinski definition) is 0. The molecule has 132 valence electrons. The Balaban J connectivity index is 1.51. The molecule has 27 heavy (non-hydrogen) atoms. The molecule has 0 aliphatic carbocycles. The Morgan fingerprint density at radius 2 is 1.56 bits per heavy atom. The van der Waals surface area contributed by atoms with Gasteiger partial charge in [0.25, 0.3) is 0 Å². The average molecular weight is 369 g/mol. The maximum absolute atomic E-state index is 6.14. The van der Waals surface area contributed by atoms with E-state index in [2.05, 4.69) is 84.9 Å². The largest absolute Gasteiger partial charge is 0.387 e. The Morgan fingerprint density at radius 3 is 2.37 bits per heavy atom. The highest BCUT2D eigenvalue weighted by Crippen LogP contribution is 2.58. The van der Waals surface area contributed by atoms with Crippen molar-refractivity contribution in [2.24, 2.45) is 0 Å². The first kappa shape index (κ1) is 16.4. The van der Waals surface area contributed by atoms with Crippen molar-refractivity contribution in [3.05, 3.63) is 114 Å². The lowest BCUT2D eigenvalue weighted by atomic mass is 10.1. The molecule has 2 heterocycles. The number of para-hydroxylation sites is 1. The Morgan fingerprint density at radius 1 is 0.852 bits per heavy atom. The number of thioether (sulfide) groups is 1. The quantitative estimate of drug-likeness (QED) is 0.253. The molecule has 1 atom stereocenters. The summed E-state index contributed by atoms with van der Waals surface area (Å²) in [5.41, 5.74) is 3.61. The van der Waals surface area contributed by atoms with Gasteiger partial charge in [-0.05, 0) is 23.8 Å². The van der Waals surface area contributed by atoms with Crippen LogP contribution < -0.4 is 4.48 Å².